The van der Waals surface area contributed by atoms with Crippen molar-refractivity contribution in [3.8, 4) is 0 Å². The summed E-state index contributed by atoms with van der Waals surface area (Å²) in [7, 11) is 0. The van der Waals surface area contributed by atoms with Gasteiger partial charge in [-0.2, -0.15) is 0 Å². The number of carbonyl (C=O) groups excluding carboxylic acids is 1. The molecule has 2 atom stereocenters. The molecule has 0 spiro atoms. The van der Waals surface area contributed by atoms with Crippen molar-refractivity contribution in [3.63, 3.8) is 0 Å². The van der Waals surface area contributed by atoms with E-state index in [1.165, 1.54) is 5.56 Å². The molecular weight excluding hydrogens is 324 g/mol. The lowest BCUT2D eigenvalue weighted by Crippen LogP contribution is -2.53. The van der Waals surface area contributed by atoms with Crippen molar-refractivity contribution in [2.24, 2.45) is 0 Å². The third-order valence-corrected chi connectivity index (χ3v) is 5.13. The van der Waals surface area contributed by atoms with Crippen molar-refractivity contribution in [3.05, 3.63) is 34.9 Å². The molecule has 0 aromatic heterocycles. The van der Waals surface area contributed by atoms with E-state index in [2.05, 4.69) is 28.7 Å². The summed E-state index contributed by atoms with van der Waals surface area (Å²) in [6.07, 6.45) is 3.15. The summed E-state index contributed by atoms with van der Waals surface area (Å²) in [5.41, 5.74) is 7.66. The Labute approximate surface area is 149 Å². The van der Waals surface area contributed by atoms with Gasteiger partial charge in [0.15, 0.2) is 0 Å². The van der Waals surface area contributed by atoms with Gasteiger partial charge in [-0.15, -0.1) is 0 Å². The molecule has 6 heteroatoms. The summed E-state index contributed by atoms with van der Waals surface area (Å²) >= 11 is 6.05. The Balaban J connectivity index is 1.46. The van der Waals surface area contributed by atoms with Crippen LogP contribution in [0.5, 0.6) is 0 Å². The van der Waals surface area contributed by atoms with Gasteiger partial charge in [-0.1, -0.05) is 37.1 Å². The van der Waals surface area contributed by atoms with Crippen molar-refractivity contribution < 1.29 is 4.79 Å². The average molecular weight is 351 g/mol. The van der Waals surface area contributed by atoms with Gasteiger partial charge in [0, 0.05) is 43.8 Å². The van der Waals surface area contributed by atoms with E-state index in [4.69, 9.17) is 11.6 Å². The molecule has 2 saturated heterocycles. The standard InChI is InChI=1S/C18H27ClN4O/c1-2-4-16-12-17(21-20-16)18(24)23-9-7-22(8-10-23)13-14-5-3-6-15(19)11-14/h3,5-6,11,16-17,20-21H,2,4,7-10,12-13H2,1H3. The van der Waals surface area contributed by atoms with E-state index in [1.54, 1.807) is 0 Å². The molecule has 2 aliphatic rings. The maximum absolute atomic E-state index is 12.6. The molecule has 0 radical (unpaired) electrons. The number of nitrogens with one attached hydrogen (secondary N) is 2. The topological polar surface area (TPSA) is 47.6 Å². The van der Waals surface area contributed by atoms with Gasteiger partial charge in [0.25, 0.3) is 0 Å². The molecule has 1 amide bonds. The van der Waals surface area contributed by atoms with E-state index in [-0.39, 0.29) is 11.9 Å². The molecule has 0 saturated carbocycles. The van der Waals surface area contributed by atoms with Crippen molar-refractivity contribution in [2.45, 2.75) is 44.8 Å². The number of amides is 1. The zero-order chi connectivity index (χ0) is 16.9. The van der Waals surface area contributed by atoms with Crippen LogP contribution < -0.4 is 10.9 Å². The highest BCUT2D eigenvalue weighted by atomic mass is 35.5. The number of benzene rings is 1. The number of hydrazine groups is 1. The number of nitrogens with zero attached hydrogens (tertiary/aromatic N) is 2. The highest BCUT2D eigenvalue weighted by Gasteiger charge is 2.32. The summed E-state index contributed by atoms with van der Waals surface area (Å²) in [5, 5.41) is 0.780. The molecule has 24 heavy (non-hydrogen) atoms. The molecule has 2 heterocycles. The lowest BCUT2D eigenvalue weighted by atomic mass is 10.0. The third kappa shape index (κ3) is 4.48. The molecule has 5 nitrogen and oxygen atoms in total. The van der Waals surface area contributed by atoms with Crippen LogP contribution in [0.4, 0.5) is 0 Å². The van der Waals surface area contributed by atoms with Crippen LogP contribution >= 0.6 is 11.6 Å². The highest BCUT2D eigenvalue weighted by molar-refractivity contribution is 6.30. The normalized spacial score (nSPS) is 25.2. The van der Waals surface area contributed by atoms with Gasteiger partial charge >= 0.3 is 0 Å². The van der Waals surface area contributed by atoms with Crippen LogP contribution in [0.25, 0.3) is 0 Å². The van der Waals surface area contributed by atoms with E-state index in [0.29, 0.717) is 6.04 Å². The van der Waals surface area contributed by atoms with E-state index in [0.717, 1.165) is 57.0 Å². The second kappa shape index (κ2) is 8.30. The van der Waals surface area contributed by atoms with Gasteiger partial charge in [0.2, 0.25) is 5.91 Å². The van der Waals surface area contributed by atoms with Crippen LogP contribution in [0.1, 0.15) is 31.7 Å². The monoisotopic (exact) mass is 350 g/mol. The predicted octanol–water partition coefficient (Wildman–Crippen LogP) is 2.02. The minimum atomic E-state index is -0.0685. The Bertz CT molecular complexity index is 560. The number of hydrogen-bond donors (Lipinski definition) is 2. The van der Waals surface area contributed by atoms with Crippen LogP contribution in [-0.4, -0.2) is 54.0 Å². The first kappa shape index (κ1) is 17.7. The van der Waals surface area contributed by atoms with Crippen molar-refractivity contribution >= 4 is 17.5 Å². The molecule has 3 rings (SSSR count). The molecule has 132 valence electrons. The van der Waals surface area contributed by atoms with Gasteiger partial charge in [-0.05, 0) is 30.5 Å². The van der Waals surface area contributed by atoms with Gasteiger partial charge in [-0.3, -0.25) is 15.1 Å². The maximum atomic E-state index is 12.6. The summed E-state index contributed by atoms with van der Waals surface area (Å²) in [6.45, 7) is 6.50. The van der Waals surface area contributed by atoms with Gasteiger partial charge in [0.05, 0.1) is 0 Å². The van der Waals surface area contributed by atoms with Crippen LogP contribution in [0, 0.1) is 0 Å². The molecule has 2 aliphatic heterocycles. The fraction of sp³-hybridized carbons (Fsp3) is 0.611. The lowest BCUT2D eigenvalue weighted by molar-refractivity contribution is -0.135. The summed E-state index contributed by atoms with van der Waals surface area (Å²) in [6, 6.07) is 8.36. The van der Waals surface area contributed by atoms with Crippen LogP contribution in [0.3, 0.4) is 0 Å². The summed E-state index contributed by atoms with van der Waals surface area (Å²) in [4.78, 5) is 17.0. The Morgan fingerprint density at radius 1 is 1.25 bits per heavy atom. The molecule has 2 N–H and O–H groups in total. The van der Waals surface area contributed by atoms with Crippen molar-refractivity contribution in [2.75, 3.05) is 26.2 Å². The van der Waals surface area contributed by atoms with Gasteiger partial charge in [0.1, 0.15) is 6.04 Å². The Morgan fingerprint density at radius 3 is 2.75 bits per heavy atom. The number of carbonyl (C=O) groups is 1. The smallest absolute Gasteiger partial charge is 0.241 e. The molecule has 1 aromatic carbocycles. The van der Waals surface area contributed by atoms with E-state index in [9.17, 15) is 4.79 Å². The Kier molecular flexibility index (Phi) is 6.11. The molecule has 2 fully saturated rings. The number of hydrogen-bond acceptors (Lipinski definition) is 4. The second-order valence-corrected chi connectivity index (χ2v) is 7.23. The number of piperazine rings is 1. The first-order chi connectivity index (χ1) is 11.7. The zero-order valence-electron chi connectivity index (χ0n) is 14.3. The Hall–Kier alpha value is -1.14. The predicted molar refractivity (Wildman–Crippen MR) is 96.7 cm³/mol. The number of halogens is 1. The van der Waals surface area contributed by atoms with Gasteiger partial charge in [-0.25, -0.2) is 5.43 Å². The summed E-state index contributed by atoms with van der Waals surface area (Å²) < 4.78 is 0. The molecular formula is C18H27ClN4O. The maximum Gasteiger partial charge on any atom is 0.241 e. The molecule has 0 bridgehead atoms. The molecule has 1 aromatic rings. The SMILES string of the molecule is CCCC1CC(C(=O)N2CCN(Cc3cccc(Cl)c3)CC2)NN1. The fourth-order valence-electron chi connectivity index (χ4n) is 3.56. The zero-order valence-corrected chi connectivity index (χ0v) is 15.1. The van der Waals surface area contributed by atoms with Crippen molar-refractivity contribution in [1.82, 2.24) is 20.7 Å². The van der Waals surface area contributed by atoms with Crippen LogP contribution in [0.2, 0.25) is 5.02 Å². The minimum Gasteiger partial charge on any atom is -0.339 e. The van der Waals surface area contributed by atoms with E-state index in [1.807, 2.05) is 23.1 Å². The summed E-state index contributed by atoms with van der Waals surface area (Å²) in [5.74, 6) is 0.239. The fourth-order valence-corrected chi connectivity index (χ4v) is 3.78. The van der Waals surface area contributed by atoms with Gasteiger partial charge < -0.3 is 4.90 Å². The van der Waals surface area contributed by atoms with Crippen LogP contribution in [-0.2, 0) is 11.3 Å². The van der Waals surface area contributed by atoms with E-state index >= 15 is 0 Å². The third-order valence-electron chi connectivity index (χ3n) is 4.90. The average Bonchev–Trinajstić information content (AvgIpc) is 3.04. The van der Waals surface area contributed by atoms with E-state index < -0.39 is 0 Å². The van der Waals surface area contributed by atoms with Crippen molar-refractivity contribution in [1.29, 1.82) is 0 Å². The molecule has 0 aliphatic carbocycles. The highest BCUT2D eigenvalue weighted by Crippen LogP contribution is 2.16. The first-order valence-electron chi connectivity index (χ1n) is 8.92. The minimum absolute atomic E-state index is 0.0685. The Morgan fingerprint density at radius 2 is 2.04 bits per heavy atom. The van der Waals surface area contributed by atoms with Crippen LogP contribution in [0.15, 0.2) is 24.3 Å². The molecule has 2 unspecified atom stereocenters. The first-order valence-corrected chi connectivity index (χ1v) is 9.30. The lowest BCUT2D eigenvalue weighted by Gasteiger charge is -2.35. The number of rotatable bonds is 5. The quantitative estimate of drug-likeness (QED) is 0.853. The largest absolute Gasteiger partial charge is 0.339 e. The second-order valence-electron chi connectivity index (χ2n) is 6.79.